The second-order valence-electron chi connectivity index (χ2n) is 7.29. The zero-order valence-corrected chi connectivity index (χ0v) is 19.7. The molecule has 0 atom stereocenters. The highest BCUT2D eigenvalue weighted by atomic mass is 32.2. The molecule has 0 radical (unpaired) electrons. The number of aliphatic imine (C=N–C) groups is 1. The molecule has 0 aliphatic carbocycles. The number of hydrogen-bond acceptors (Lipinski definition) is 7. The summed E-state index contributed by atoms with van der Waals surface area (Å²) in [4.78, 5) is 31.7. The predicted octanol–water partition coefficient (Wildman–Crippen LogP) is 5.37. The third kappa shape index (κ3) is 5.47. The van der Waals surface area contributed by atoms with Crippen molar-refractivity contribution in [3.63, 3.8) is 0 Å². The van der Waals surface area contributed by atoms with Crippen molar-refractivity contribution in [1.82, 2.24) is 4.90 Å². The number of ether oxygens (including phenoxy) is 2. The van der Waals surface area contributed by atoms with Crippen molar-refractivity contribution in [1.29, 1.82) is 0 Å². The lowest BCUT2D eigenvalue weighted by Crippen LogP contribution is -2.32. The molecule has 2 aromatic carbocycles. The van der Waals surface area contributed by atoms with E-state index in [1.165, 1.54) is 11.8 Å². The van der Waals surface area contributed by atoms with Gasteiger partial charge in [0.25, 0.3) is 5.91 Å². The van der Waals surface area contributed by atoms with Crippen LogP contribution in [0.3, 0.4) is 0 Å². The molecule has 1 fully saturated rings. The van der Waals surface area contributed by atoms with Crippen LogP contribution in [-0.4, -0.2) is 48.8 Å². The summed E-state index contributed by atoms with van der Waals surface area (Å²) in [6.07, 6.45) is 1.72. The van der Waals surface area contributed by atoms with Crippen molar-refractivity contribution in [2.45, 2.75) is 6.92 Å². The van der Waals surface area contributed by atoms with Gasteiger partial charge in [0, 0.05) is 18.7 Å². The molecule has 1 aliphatic rings. The third-order valence-electron chi connectivity index (χ3n) is 4.97. The van der Waals surface area contributed by atoms with E-state index in [1.54, 1.807) is 55.3 Å². The highest BCUT2D eigenvalue weighted by Crippen LogP contribution is 2.35. The maximum absolute atomic E-state index is 13.1. The summed E-state index contributed by atoms with van der Waals surface area (Å²) >= 11 is 1.30. The van der Waals surface area contributed by atoms with Crippen LogP contribution in [0.4, 0.5) is 5.69 Å². The first-order chi connectivity index (χ1) is 16.6. The molecule has 8 heteroatoms. The number of furan rings is 1. The number of carbonyl (C=O) groups is 2. The number of benzene rings is 2. The van der Waals surface area contributed by atoms with Gasteiger partial charge in [-0.25, -0.2) is 9.79 Å². The Balaban J connectivity index is 1.55. The Hall–Kier alpha value is -3.62. The SMILES string of the molecule is CCOC(=O)c1ccc(-c2ccc(/C=C3/SC(=Nc4ccccc4)N(CCOC)C3=O)o2)cc1. The molecule has 1 aliphatic heterocycles. The normalized spacial score (nSPS) is 15.9. The van der Waals surface area contributed by atoms with Crippen molar-refractivity contribution < 1.29 is 23.5 Å². The Bertz CT molecular complexity index is 1220. The average Bonchev–Trinajstić information content (AvgIpc) is 3.43. The lowest BCUT2D eigenvalue weighted by atomic mass is 10.1. The Morgan fingerprint density at radius 3 is 2.56 bits per heavy atom. The second-order valence-corrected chi connectivity index (χ2v) is 8.30. The Morgan fingerprint density at radius 1 is 1.09 bits per heavy atom. The van der Waals surface area contributed by atoms with Gasteiger partial charge in [0.2, 0.25) is 0 Å². The molecule has 7 nitrogen and oxygen atoms in total. The molecule has 4 rings (SSSR count). The number of esters is 1. The number of methoxy groups -OCH3 is 1. The minimum absolute atomic E-state index is 0.145. The topological polar surface area (TPSA) is 81.3 Å². The minimum Gasteiger partial charge on any atom is -0.462 e. The van der Waals surface area contributed by atoms with Crippen LogP contribution in [0, 0.1) is 0 Å². The zero-order chi connectivity index (χ0) is 23.9. The fraction of sp³-hybridized carbons (Fsp3) is 0.192. The second kappa shape index (κ2) is 11.0. The monoisotopic (exact) mass is 476 g/mol. The maximum Gasteiger partial charge on any atom is 0.338 e. The van der Waals surface area contributed by atoms with Crippen LogP contribution in [0.1, 0.15) is 23.0 Å². The summed E-state index contributed by atoms with van der Waals surface area (Å²) in [5.41, 5.74) is 2.07. The van der Waals surface area contributed by atoms with Crippen molar-refractivity contribution in [3.8, 4) is 11.3 Å². The number of thioether (sulfide) groups is 1. The molecule has 1 aromatic heterocycles. The molecule has 34 heavy (non-hydrogen) atoms. The molecule has 174 valence electrons. The maximum atomic E-state index is 13.1. The van der Waals surface area contributed by atoms with Crippen molar-refractivity contribution in [3.05, 3.63) is 83.0 Å². The van der Waals surface area contributed by atoms with Crippen LogP contribution in [0.2, 0.25) is 0 Å². The fourth-order valence-corrected chi connectivity index (χ4v) is 4.29. The molecule has 0 N–H and O–H groups in total. The quantitative estimate of drug-likeness (QED) is 0.321. The summed E-state index contributed by atoms with van der Waals surface area (Å²) in [5, 5.41) is 0.598. The van der Waals surface area contributed by atoms with Crippen LogP contribution in [-0.2, 0) is 14.3 Å². The van der Waals surface area contributed by atoms with E-state index in [-0.39, 0.29) is 11.9 Å². The Labute approximate surface area is 202 Å². The van der Waals surface area contributed by atoms with Gasteiger partial charge in [-0.15, -0.1) is 0 Å². The summed E-state index contributed by atoms with van der Waals surface area (Å²) in [6, 6.07) is 20.1. The number of amides is 1. The lowest BCUT2D eigenvalue weighted by Gasteiger charge is -2.14. The van der Waals surface area contributed by atoms with Gasteiger partial charge >= 0.3 is 5.97 Å². The fourth-order valence-electron chi connectivity index (χ4n) is 3.28. The summed E-state index contributed by atoms with van der Waals surface area (Å²) in [5.74, 6) is 0.676. The van der Waals surface area contributed by atoms with Crippen LogP contribution in [0.15, 0.2) is 81.0 Å². The largest absolute Gasteiger partial charge is 0.462 e. The molecule has 3 aromatic rings. The van der Waals surface area contributed by atoms with Crippen molar-refractivity contribution in [2.75, 3.05) is 26.9 Å². The van der Waals surface area contributed by atoms with E-state index < -0.39 is 0 Å². The van der Waals surface area contributed by atoms with Gasteiger partial charge in [0.05, 0.1) is 35.9 Å². The molecular formula is C26H24N2O5S. The lowest BCUT2D eigenvalue weighted by molar-refractivity contribution is -0.122. The molecule has 0 saturated carbocycles. The van der Waals surface area contributed by atoms with Gasteiger partial charge in [-0.3, -0.25) is 9.69 Å². The smallest absolute Gasteiger partial charge is 0.338 e. The predicted molar refractivity (Wildman–Crippen MR) is 133 cm³/mol. The van der Waals surface area contributed by atoms with Crippen LogP contribution < -0.4 is 0 Å². The summed E-state index contributed by atoms with van der Waals surface area (Å²) < 4.78 is 16.1. The molecule has 0 unspecified atom stereocenters. The average molecular weight is 477 g/mol. The molecule has 0 spiro atoms. The van der Waals surface area contributed by atoms with Gasteiger partial charge in [-0.1, -0.05) is 30.3 Å². The van der Waals surface area contributed by atoms with Gasteiger partial charge in [-0.2, -0.15) is 0 Å². The number of amidine groups is 1. The highest BCUT2D eigenvalue weighted by molar-refractivity contribution is 8.18. The van der Waals surface area contributed by atoms with E-state index in [1.807, 2.05) is 36.4 Å². The first-order valence-corrected chi connectivity index (χ1v) is 11.6. The molecule has 2 heterocycles. The van der Waals surface area contributed by atoms with Crippen LogP contribution in [0.25, 0.3) is 17.4 Å². The molecule has 1 amide bonds. The summed E-state index contributed by atoms with van der Waals surface area (Å²) in [7, 11) is 1.60. The van der Waals surface area contributed by atoms with E-state index in [4.69, 9.17) is 13.9 Å². The van der Waals surface area contributed by atoms with E-state index >= 15 is 0 Å². The molecular weight excluding hydrogens is 452 g/mol. The standard InChI is InChI=1S/C26H24N2O5S/c1-3-32-25(30)19-11-9-18(10-12-19)22-14-13-21(33-22)17-23-24(29)28(15-16-31-2)26(34-23)27-20-7-5-4-6-8-20/h4-14,17H,3,15-16H2,1-2H3/b23-17+,27-26?. The Kier molecular flexibility index (Phi) is 7.61. The first-order valence-electron chi connectivity index (χ1n) is 10.8. The number of para-hydroxylation sites is 1. The zero-order valence-electron chi connectivity index (χ0n) is 18.9. The Morgan fingerprint density at radius 2 is 1.85 bits per heavy atom. The van der Waals surface area contributed by atoms with Crippen molar-refractivity contribution >= 4 is 40.6 Å². The first kappa shape index (κ1) is 23.5. The van der Waals surface area contributed by atoms with E-state index in [2.05, 4.69) is 4.99 Å². The van der Waals surface area contributed by atoms with Gasteiger partial charge < -0.3 is 13.9 Å². The van der Waals surface area contributed by atoms with Crippen LogP contribution in [0.5, 0.6) is 0 Å². The number of rotatable bonds is 8. The van der Waals surface area contributed by atoms with E-state index in [0.717, 1.165) is 11.3 Å². The minimum atomic E-state index is -0.360. The molecule has 0 bridgehead atoms. The van der Waals surface area contributed by atoms with E-state index in [0.29, 0.717) is 46.9 Å². The number of nitrogens with zero attached hydrogens (tertiary/aromatic N) is 2. The van der Waals surface area contributed by atoms with Gasteiger partial charge in [0.15, 0.2) is 5.17 Å². The van der Waals surface area contributed by atoms with Gasteiger partial charge in [0.1, 0.15) is 11.5 Å². The molecule has 1 saturated heterocycles. The summed E-state index contributed by atoms with van der Waals surface area (Å²) in [6.45, 7) is 2.90. The number of carbonyl (C=O) groups excluding carboxylic acids is 2. The number of hydrogen-bond donors (Lipinski definition) is 0. The van der Waals surface area contributed by atoms with Crippen molar-refractivity contribution in [2.24, 2.45) is 4.99 Å². The van der Waals surface area contributed by atoms with Crippen LogP contribution >= 0.6 is 11.8 Å². The van der Waals surface area contributed by atoms with Gasteiger partial charge in [-0.05, 0) is 55.1 Å². The third-order valence-corrected chi connectivity index (χ3v) is 5.98. The highest BCUT2D eigenvalue weighted by Gasteiger charge is 2.33. The van der Waals surface area contributed by atoms with E-state index in [9.17, 15) is 9.59 Å².